The summed E-state index contributed by atoms with van der Waals surface area (Å²) in [7, 11) is 0. The van der Waals surface area contributed by atoms with E-state index in [2.05, 4.69) is 16.0 Å². The topological polar surface area (TPSA) is 36.4 Å². The maximum atomic E-state index is 10.2. The van der Waals surface area contributed by atoms with Crippen molar-refractivity contribution in [3.8, 4) is 0 Å². The van der Waals surface area contributed by atoms with E-state index in [-0.39, 0.29) is 6.10 Å². The lowest BCUT2D eigenvalue weighted by atomic mass is 9.83. The molecular weight excluding hydrogens is 200 g/mol. The normalized spacial score (nSPS) is 31.1. The number of nitrogens with zero attached hydrogens (tertiary/aromatic N) is 2. The molecule has 3 nitrogen and oxygen atoms in total. The number of pyridine rings is 1. The Balaban J connectivity index is 1.92. The average Bonchev–Trinajstić information content (AvgIpc) is 2.36. The van der Waals surface area contributed by atoms with Gasteiger partial charge < -0.3 is 10.0 Å². The molecular formula is C13H16N2O. The van der Waals surface area contributed by atoms with Gasteiger partial charge in [-0.25, -0.2) is 0 Å². The quantitative estimate of drug-likeness (QED) is 0.773. The van der Waals surface area contributed by atoms with E-state index in [1.165, 1.54) is 0 Å². The molecule has 0 aliphatic carbocycles. The smallest absolute Gasteiger partial charge is 0.0965 e. The summed E-state index contributed by atoms with van der Waals surface area (Å²) < 4.78 is 0. The van der Waals surface area contributed by atoms with Crippen molar-refractivity contribution in [3.05, 3.63) is 35.8 Å². The van der Waals surface area contributed by atoms with Crippen LogP contribution in [0.4, 0.5) is 0 Å². The second kappa shape index (κ2) is 3.91. The Morgan fingerprint density at radius 2 is 2.19 bits per heavy atom. The summed E-state index contributed by atoms with van der Waals surface area (Å²) in [4.78, 5) is 6.40. The molecule has 3 fully saturated rings. The van der Waals surface area contributed by atoms with Gasteiger partial charge in [0.25, 0.3) is 0 Å². The lowest BCUT2D eigenvalue weighted by Crippen LogP contribution is -2.48. The van der Waals surface area contributed by atoms with Gasteiger partial charge in [-0.3, -0.25) is 4.98 Å². The molecule has 0 amide bonds. The largest absolute Gasteiger partial charge is 0.387 e. The maximum Gasteiger partial charge on any atom is 0.0965 e. The molecule has 0 spiro atoms. The molecule has 1 atom stereocenters. The zero-order chi connectivity index (χ0) is 11.0. The number of fused-ring (bicyclic) bond motifs is 3. The monoisotopic (exact) mass is 216 g/mol. The van der Waals surface area contributed by atoms with Gasteiger partial charge in [0.05, 0.1) is 6.10 Å². The molecule has 3 saturated heterocycles. The van der Waals surface area contributed by atoms with Gasteiger partial charge in [0.1, 0.15) is 0 Å². The van der Waals surface area contributed by atoms with Crippen molar-refractivity contribution in [2.75, 3.05) is 13.1 Å². The Labute approximate surface area is 95.4 Å². The van der Waals surface area contributed by atoms with E-state index in [1.807, 2.05) is 18.3 Å². The molecule has 1 aromatic rings. The molecule has 84 valence electrons. The zero-order valence-corrected chi connectivity index (χ0v) is 9.21. The number of rotatable bonds is 1. The van der Waals surface area contributed by atoms with Crippen molar-refractivity contribution < 1.29 is 5.11 Å². The number of hydrogen-bond donors (Lipinski definition) is 1. The first-order valence-electron chi connectivity index (χ1n) is 5.89. The molecule has 16 heavy (non-hydrogen) atoms. The number of piperidine rings is 3. The molecule has 3 aliphatic rings. The summed E-state index contributed by atoms with van der Waals surface area (Å²) >= 11 is 0. The van der Waals surface area contributed by atoms with E-state index in [0.717, 1.165) is 37.2 Å². The predicted molar refractivity (Wildman–Crippen MR) is 62.5 cm³/mol. The van der Waals surface area contributed by atoms with Gasteiger partial charge in [-0.1, -0.05) is 6.07 Å². The highest BCUT2D eigenvalue weighted by Crippen LogP contribution is 2.35. The van der Waals surface area contributed by atoms with Crippen molar-refractivity contribution in [2.24, 2.45) is 5.92 Å². The minimum Gasteiger partial charge on any atom is -0.387 e. The summed E-state index contributed by atoms with van der Waals surface area (Å²) in [5.41, 5.74) is 2.15. The van der Waals surface area contributed by atoms with E-state index in [9.17, 15) is 5.11 Å². The van der Waals surface area contributed by atoms with Crippen molar-refractivity contribution in [3.63, 3.8) is 0 Å². The van der Waals surface area contributed by atoms with Gasteiger partial charge in [0.15, 0.2) is 0 Å². The second-order valence-electron chi connectivity index (χ2n) is 4.62. The lowest BCUT2D eigenvalue weighted by Gasteiger charge is -2.45. The van der Waals surface area contributed by atoms with Crippen molar-refractivity contribution in [1.82, 2.24) is 9.88 Å². The second-order valence-corrected chi connectivity index (χ2v) is 4.62. The van der Waals surface area contributed by atoms with Crippen LogP contribution in [0.25, 0.3) is 6.08 Å². The highest BCUT2D eigenvalue weighted by atomic mass is 16.3. The Morgan fingerprint density at radius 1 is 1.38 bits per heavy atom. The molecule has 3 aliphatic heterocycles. The fourth-order valence-corrected chi connectivity index (χ4v) is 2.71. The summed E-state index contributed by atoms with van der Waals surface area (Å²) in [6, 6.07) is 3.95. The lowest BCUT2D eigenvalue weighted by molar-refractivity contribution is 0.0215. The van der Waals surface area contributed by atoms with E-state index in [1.54, 1.807) is 6.20 Å². The highest BCUT2D eigenvalue weighted by molar-refractivity contribution is 5.53. The molecule has 2 bridgehead atoms. The van der Waals surface area contributed by atoms with Crippen LogP contribution >= 0.6 is 0 Å². The van der Waals surface area contributed by atoms with E-state index in [4.69, 9.17) is 0 Å². The van der Waals surface area contributed by atoms with Gasteiger partial charge in [-0.05, 0) is 36.5 Å². The van der Waals surface area contributed by atoms with Crippen LogP contribution in [0.3, 0.4) is 0 Å². The summed E-state index contributed by atoms with van der Waals surface area (Å²) in [6.07, 6.45) is 7.66. The standard InChI is InChI=1S/C13H16N2O/c16-13-11-3-6-15(7-4-11)12(13)8-10-2-1-5-14-9-10/h1-2,5,8-9,11,13,16H,3-4,6-7H2/b12-8-. The minimum atomic E-state index is -0.275. The van der Waals surface area contributed by atoms with Crippen molar-refractivity contribution in [1.29, 1.82) is 0 Å². The van der Waals surface area contributed by atoms with Gasteiger partial charge >= 0.3 is 0 Å². The summed E-state index contributed by atoms with van der Waals surface area (Å²) in [5.74, 6) is 0.466. The third-order valence-electron chi connectivity index (χ3n) is 3.65. The first kappa shape index (κ1) is 9.85. The molecule has 1 N–H and O–H groups in total. The fourth-order valence-electron chi connectivity index (χ4n) is 2.71. The Bertz CT molecular complexity index is 390. The van der Waals surface area contributed by atoms with Gasteiger partial charge in [0, 0.05) is 31.2 Å². The van der Waals surface area contributed by atoms with Crippen LogP contribution in [-0.4, -0.2) is 34.2 Å². The molecule has 4 heterocycles. The van der Waals surface area contributed by atoms with Crippen molar-refractivity contribution in [2.45, 2.75) is 18.9 Å². The summed E-state index contributed by atoms with van der Waals surface area (Å²) in [6.45, 7) is 2.18. The SMILES string of the molecule is OC1/C(=C/c2cccnc2)N2CCC1CC2. The predicted octanol–water partition coefficient (Wildman–Crippen LogP) is 1.51. The molecule has 0 aromatic carbocycles. The number of aromatic nitrogens is 1. The molecule has 0 saturated carbocycles. The third-order valence-corrected chi connectivity index (χ3v) is 3.65. The average molecular weight is 216 g/mol. The number of hydrogen-bond acceptors (Lipinski definition) is 3. The van der Waals surface area contributed by atoms with Gasteiger partial charge in [-0.15, -0.1) is 0 Å². The fraction of sp³-hybridized carbons (Fsp3) is 0.462. The number of aliphatic hydroxyl groups excluding tert-OH is 1. The zero-order valence-electron chi connectivity index (χ0n) is 9.21. The number of aliphatic hydroxyl groups is 1. The third kappa shape index (κ3) is 1.61. The van der Waals surface area contributed by atoms with Gasteiger partial charge in [0.2, 0.25) is 0 Å². The molecule has 3 heteroatoms. The minimum absolute atomic E-state index is 0.275. The Hall–Kier alpha value is -1.35. The van der Waals surface area contributed by atoms with E-state index < -0.39 is 0 Å². The van der Waals surface area contributed by atoms with Crippen LogP contribution in [0.2, 0.25) is 0 Å². The van der Waals surface area contributed by atoms with Crippen LogP contribution in [0.5, 0.6) is 0 Å². The van der Waals surface area contributed by atoms with Crippen LogP contribution in [0, 0.1) is 5.92 Å². The van der Waals surface area contributed by atoms with Crippen LogP contribution in [0.1, 0.15) is 18.4 Å². The Morgan fingerprint density at radius 3 is 2.81 bits per heavy atom. The van der Waals surface area contributed by atoms with E-state index >= 15 is 0 Å². The molecule has 1 unspecified atom stereocenters. The van der Waals surface area contributed by atoms with E-state index in [0.29, 0.717) is 5.92 Å². The Kier molecular flexibility index (Phi) is 2.40. The molecule has 0 radical (unpaired) electrons. The van der Waals surface area contributed by atoms with Gasteiger partial charge in [-0.2, -0.15) is 0 Å². The van der Waals surface area contributed by atoms with Crippen LogP contribution in [0.15, 0.2) is 30.2 Å². The van der Waals surface area contributed by atoms with Crippen molar-refractivity contribution >= 4 is 6.08 Å². The highest BCUT2D eigenvalue weighted by Gasteiger charge is 2.36. The summed E-state index contributed by atoms with van der Waals surface area (Å²) in [5, 5.41) is 10.2. The van der Waals surface area contributed by atoms with Crippen LogP contribution < -0.4 is 0 Å². The first-order chi connectivity index (χ1) is 7.84. The molecule has 4 rings (SSSR count). The first-order valence-corrected chi connectivity index (χ1v) is 5.89. The molecule has 1 aromatic heterocycles. The van der Waals surface area contributed by atoms with Crippen LogP contribution in [-0.2, 0) is 0 Å². The maximum absolute atomic E-state index is 10.2.